The first-order chi connectivity index (χ1) is 12.0. The van der Waals surface area contributed by atoms with Crippen LogP contribution in [0.5, 0.6) is 0 Å². The second-order valence-corrected chi connectivity index (χ2v) is 7.52. The highest BCUT2D eigenvalue weighted by Gasteiger charge is 2.26. The van der Waals surface area contributed by atoms with E-state index < -0.39 is 0 Å². The molecule has 1 aromatic heterocycles. The molecule has 2 unspecified atom stereocenters. The van der Waals surface area contributed by atoms with Crippen molar-refractivity contribution in [3.63, 3.8) is 0 Å². The Hall–Kier alpha value is -1.08. The number of hydrogen-bond acceptors (Lipinski definition) is 5. The fourth-order valence-corrected chi connectivity index (χ4v) is 3.90. The first kappa shape index (κ1) is 24.0. The molecule has 1 aromatic rings. The molecule has 3 N–H and O–H groups in total. The van der Waals surface area contributed by atoms with Crippen LogP contribution in [-0.2, 0) is 16.1 Å². The number of amides is 1. The molecule has 2 aliphatic rings. The number of nitrogens with zero attached hydrogens (tertiary/aromatic N) is 2. The van der Waals surface area contributed by atoms with Crippen LogP contribution in [0, 0.1) is 5.92 Å². The van der Waals surface area contributed by atoms with Crippen LogP contribution in [-0.4, -0.2) is 42.2 Å². The van der Waals surface area contributed by atoms with Crippen molar-refractivity contribution in [3.8, 4) is 0 Å². The van der Waals surface area contributed by atoms with Crippen molar-refractivity contribution in [2.75, 3.05) is 18.0 Å². The third-order valence-electron chi connectivity index (χ3n) is 5.21. The number of ether oxygens (including phenoxy) is 1. The molecule has 4 atom stereocenters. The molecule has 27 heavy (non-hydrogen) atoms. The van der Waals surface area contributed by atoms with E-state index in [0.717, 1.165) is 43.7 Å². The number of nitrogens with one attached hydrogen (secondary N) is 1. The van der Waals surface area contributed by atoms with E-state index >= 15 is 0 Å². The minimum absolute atomic E-state index is 0. The lowest BCUT2D eigenvalue weighted by atomic mass is 10.00. The van der Waals surface area contributed by atoms with Crippen LogP contribution in [0.4, 0.5) is 5.82 Å². The molecule has 2 fully saturated rings. The van der Waals surface area contributed by atoms with Crippen LogP contribution in [0.1, 0.15) is 45.1 Å². The van der Waals surface area contributed by atoms with Crippen molar-refractivity contribution in [2.24, 2.45) is 11.7 Å². The van der Waals surface area contributed by atoms with Crippen molar-refractivity contribution in [2.45, 2.75) is 64.3 Å². The summed E-state index contributed by atoms with van der Waals surface area (Å²) in [5.41, 5.74) is 7.05. The quantitative estimate of drug-likeness (QED) is 0.767. The third-order valence-corrected chi connectivity index (χ3v) is 5.21. The molecule has 1 amide bonds. The van der Waals surface area contributed by atoms with Crippen LogP contribution < -0.4 is 16.0 Å². The van der Waals surface area contributed by atoms with Crippen LogP contribution in [0.2, 0.25) is 0 Å². The Kier molecular flexibility index (Phi) is 9.81. The van der Waals surface area contributed by atoms with Gasteiger partial charge in [-0.3, -0.25) is 4.79 Å². The Morgan fingerprint density at radius 3 is 2.52 bits per heavy atom. The lowest BCUT2D eigenvalue weighted by Crippen LogP contribution is -2.45. The lowest BCUT2D eigenvalue weighted by molar-refractivity contribution is -0.122. The van der Waals surface area contributed by atoms with E-state index in [0.29, 0.717) is 18.9 Å². The van der Waals surface area contributed by atoms with Crippen LogP contribution in [0.25, 0.3) is 0 Å². The van der Waals surface area contributed by atoms with E-state index in [1.807, 2.05) is 18.3 Å². The number of carbonyl (C=O) groups excluding carboxylic acids is 1. The van der Waals surface area contributed by atoms with E-state index in [2.05, 4.69) is 29.0 Å². The molecule has 0 spiro atoms. The monoisotopic (exact) mass is 418 g/mol. The van der Waals surface area contributed by atoms with Gasteiger partial charge in [0.05, 0.1) is 12.2 Å². The van der Waals surface area contributed by atoms with E-state index in [-0.39, 0.29) is 49.0 Å². The van der Waals surface area contributed by atoms with Gasteiger partial charge in [0.25, 0.3) is 0 Å². The molecule has 0 aromatic carbocycles. The minimum atomic E-state index is 0. The highest BCUT2D eigenvalue weighted by Crippen LogP contribution is 2.26. The molecule has 154 valence electrons. The zero-order chi connectivity index (χ0) is 17.8. The van der Waals surface area contributed by atoms with Gasteiger partial charge < -0.3 is 20.7 Å². The fraction of sp³-hybridized carbons (Fsp3) is 0.684. The zero-order valence-electron chi connectivity index (χ0n) is 16.1. The molecule has 1 aliphatic carbocycles. The molecular weight excluding hydrogens is 387 g/mol. The highest BCUT2D eigenvalue weighted by molar-refractivity contribution is 5.85. The molecular formula is C19H32Cl2N4O2. The summed E-state index contributed by atoms with van der Waals surface area (Å²) in [6, 6.07) is 4.25. The molecule has 0 bridgehead atoms. The number of pyridine rings is 1. The minimum Gasteiger partial charge on any atom is -0.372 e. The third kappa shape index (κ3) is 6.79. The predicted molar refractivity (Wildman–Crippen MR) is 113 cm³/mol. The van der Waals surface area contributed by atoms with Crippen molar-refractivity contribution in [3.05, 3.63) is 23.9 Å². The summed E-state index contributed by atoms with van der Waals surface area (Å²) >= 11 is 0. The average molecular weight is 419 g/mol. The van der Waals surface area contributed by atoms with Gasteiger partial charge in [0, 0.05) is 38.3 Å². The Morgan fingerprint density at radius 1 is 1.26 bits per heavy atom. The number of aromatic nitrogens is 1. The Balaban J connectivity index is 0.00000182. The van der Waals surface area contributed by atoms with E-state index in [1.54, 1.807) is 0 Å². The van der Waals surface area contributed by atoms with Gasteiger partial charge >= 0.3 is 0 Å². The van der Waals surface area contributed by atoms with Crippen molar-refractivity contribution in [1.29, 1.82) is 0 Å². The number of morpholine rings is 1. The number of hydrogen-bond donors (Lipinski definition) is 2. The predicted octanol–water partition coefficient (Wildman–Crippen LogP) is 2.67. The normalized spacial score (nSPS) is 27.4. The largest absolute Gasteiger partial charge is 0.372 e. The zero-order valence-corrected chi connectivity index (χ0v) is 17.7. The maximum atomic E-state index is 12.1. The molecule has 6 nitrogen and oxygen atoms in total. The Bertz CT molecular complexity index is 578. The molecule has 2 heterocycles. The SMILES string of the molecule is CC1CN(c2ccc(CNC(=O)C[C@@H]3CCC[C@H]3N)cn2)CC(C)O1.Cl.Cl. The average Bonchev–Trinajstić information content (AvgIpc) is 2.97. The van der Waals surface area contributed by atoms with E-state index in [1.165, 1.54) is 0 Å². The van der Waals surface area contributed by atoms with E-state index in [4.69, 9.17) is 10.5 Å². The van der Waals surface area contributed by atoms with E-state index in [9.17, 15) is 4.79 Å². The first-order valence-electron chi connectivity index (χ1n) is 9.39. The second-order valence-electron chi connectivity index (χ2n) is 7.52. The number of carbonyl (C=O) groups is 1. The Labute approximate surface area is 174 Å². The summed E-state index contributed by atoms with van der Waals surface area (Å²) in [7, 11) is 0. The van der Waals surface area contributed by atoms with Gasteiger partial charge in [-0.05, 0) is 44.2 Å². The van der Waals surface area contributed by atoms with Gasteiger partial charge in [0.1, 0.15) is 5.82 Å². The van der Waals surface area contributed by atoms with Crippen LogP contribution >= 0.6 is 24.8 Å². The molecule has 8 heteroatoms. The lowest BCUT2D eigenvalue weighted by Gasteiger charge is -2.36. The van der Waals surface area contributed by atoms with Gasteiger partial charge in [0.15, 0.2) is 0 Å². The van der Waals surface area contributed by atoms with Crippen LogP contribution in [0.15, 0.2) is 18.3 Å². The van der Waals surface area contributed by atoms with Crippen molar-refractivity contribution < 1.29 is 9.53 Å². The number of nitrogens with two attached hydrogens (primary N) is 1. The fourth-order valence-electron chi connectivity index (χ4n) is 3.90. The molecule has 3 rings (SSSR count). The maximum Gasteiger partial charge on any atom is 0.220 e. The summed E-state index contributed by atoms with van der Waals surface area (Å²) in [4.78, 5) is 18.9. The Morgan fingerprint density at radius 2 is 1.96 bits per heavy atom. The molecule has 0 radical (unpaired) electrons. The standard InChI is InChI=1S/C19H30N4O2.2ClH/c1-13-11-23(12-14(2)25-13)18-7-6-15(9-21-18)10-22-19(24)8-16-4-3-5-17(16)20;;/h6-7,9,13-14,16-17H,3-5,8,10-12,20H2,1-2H3,(H,22,24);2*1H/t13?,14?,16-,17+;;/m0../s1. The summed E-state index contributed by atoms with van der Waals surface area (Å²) in [6.45, 7) is 6.40. The van der Waals surface area contributed by atoms with Crippen molar-refractivity contribution >= 4 is 36.5 Å². The van der Waals surface area contributed by atoms with Gasteiger partial charge in [0.2, 0.25) is 5.91 Å². The van der Waals surface area contributed by atoms with Crippen molar-refractivity contribution in [1.82, 2.24) is 10.3 Å². The topological polar surface area (TPSA) is 80.5 Å². The van der Waals surface area contributed by atoms with Crippen LogP contribution in [0.3, 0.4) is 0 Å². The summed E-state index contributed by atoms with van der Waals surface area (Å²) < 4.78 is 5.76. The number of rotatable bonds is 5. The smallest absolute Gasteiger partial charge is 0.220 e. The van der Waals surface area contributed by atoms with Gasteiger partial charge in [-0.2, -0.15) is 0 Å². The van der Waals surface area contributed by atoms with Gasteiger partial charge in [-0.1, -0.05) is 12.5 Å². The number of anilines is 1. The number of halogens is 2. The molecule has 1 saturated carbocycles. The summed E-state index contributed by atoms with van der Waals surface area (Å²) in [6.07, 6.45) is 6.07. The second kappa shape index (κ2) is 11.1. The summed E-state index contributed by atoms with van der Waals surface area (Å²) in [5, 5.41) is 2.99. The molecule has 1 aliphatic heterocycles. The highest BCUT2D eigenvalue weighted by atomic mass is 35.5. The van der Waals surface area contributed by atoms with Gasteiger partial charge in [-0.25, -0.2) is 4.98 Å². The first-order valence-corrected chi connectivity index (χ1v) is 9.39. The summed E-state index contributed by atoms with van der Waals surface area (Å²) in [5.74, 6) is 1.39. The maximum absolute atomic E-state index is 12.1. The molecule has 1 saturated heterocycles. The van der Waals surface area contributed by atoms with Gasteiger partial charge in [-0.15, -0.1) is 24.8 Å².